The summed E-state index contributed by atoms with van der Waals surface area (Å²) < 4.78 is 6.37. The Balaban J connectivity index is 1.95. The fraction of sp³-hybridized carbons (Fsp3) is 0.231. The minimum absolute atomic E-state index is 0.171. The van der Waals surface area contributed by atoms with E-state index in [9.17, 15) is 4.79 Å². The minimum Gasteiger partial charge on any atom is -0.480 e. The number of nitrogens with one attached hydrogen (secondary N) is 1. The summed E-state index contributed by atoms with van der Waals surface area (Å²) in [5.74, 6) is 2.15. The van der Waals surface area contributed by atoms with Crippen molar-refractivity contribution in [2.75, 3.05) is 5.75 Å². The molecule has 4 nitrogen and oxygen atoms in total. The highest BCUT2D eigenvalue weighted by Gasteiger charge is 2.24. The first-order valence-electron chi connectivity index (χ1n) is 5.80. The van der Waals surface area contributed by atoms with Gasteiger partial charge >= 0.3 is 0 Å². The van der Waals surface area contributed by atoms with Gasteiger partial charge in [0, 0.05) is 10.6 Å². The van der Waals surface area contributed by atoms with Crippen LogP contribution in [0.4, 0.5) is 0 Å². The summed E-state index contributed by atoms with van der Waals surface area (Å²) in [5.41, 5.74) is 0.501. The molecule has 1 aromatic heterocycles. The first kappa shape index (κ1) is 12.7. The molecule has 0 spiro atoms. The van der Waals surface area contributed by atoms with Crippen LogP contribution in [0.2, 0.25) is 0 Å². The Morgan fingerprint density at radius 2 is 2.26 bits per heavy atom. The summed E-state index contributed by atoms with van der Waals surface area (Å²) in [6, 6.07) is 7.88. The van der Waals surface area contributed by atoms with Crippen LogP contribution in [0, 0.1) is 6.92 Å². The van der Waals surface area contributed by atoms with Crippen LogP contribution >= 0.6 is 27.7 Å². The lowest BCUT2D eigenvalue weighted by Gasteiger charge is -2.24. The molecule has 1 aliphatic rings. The quantitative estimate of drug-likeness (QED) is 0.868. The Morgan fingerprint density at radius 3 is 3.05 bits per heavy atom. The largest absolute Gasteiger partial charge is 0.480 e. The van der Waals surface area contributed by atoms with Crippen molar-refractivity contribution < 1.29 is 4.74 Å². The van der Waals surface area contributed by atoms with Gasteiger partial charge in [-0.15, -0.1) is 11.8 Å². The average molecular weight is 339 g/mol. The van der Waals surface area contributed by atoms with Crippen molar-refractivity contribution in [2.24, 2.45) is 0 Å². The van der Waals surface area contributed by atoms with Gasteiger partial charge in [-0.25, -0.2) is 4.98 Å². The van der Waals surface area contributed by atoms with Crippen molar-refractivity contribution in [1.29, 1.82) is 0 Å². The lowest BCUT2D eigenvalue weighted by Crippen LogP contribution is -2.23. The van der Waals surface area contributed by atoms with Gasteiger partial charge in [0.25, 0.3) is 5.56 Å². The highest BCUT2D eigenvalue weighted by Crippen LogP contribution is 2.39. The van der Waals surface area contributed by atoms with Gasteiger partial charge < -0.3 is 9.72 Å². The van der Waals surface area contributed by atoms with E-state index in [1.165, 1.54) is 0 Å². The summed E-state index contributed by atoms with van der Waals surface area (Å²) in [4.78, 5) is 20.0. The number of hydrogen-bond donors (Lipinski definition) is 1. The zero-order chi connectivity index (χ0) is 13.4. The molecule has 0 saturated heterocycles. The van der Waals surface area contributed by atoms with E-state index in [0.717, 1.165) is 16.4 Å². The minimum atomic E-state index is -0.223. The van der Waals surface area contributed by atoms with Gasteiger partial charge in [0.05, 0.1) is 5.69 Å². The first-order chi connectivity index (χ1) is 9.15. The van der Waals surface area contributed by atoms with Crippen molar-refractivity contribution >= 4 is 27.7 Å². The smallest absolute Gasteiger partial charge is 0.265 e. The molecule has 1 atom stereocenters. The molecule has 0 saturated carbocycles. The number of aromatic nitrogens is 2. The van der Waals surface area contributed by atoms with Crippen LogP contribution in [0.5, 0.6) is 5.75 Å². The number of nitrogens with zero attached hydrogens (tertiary/aromatic N) is 1. The van der Waals surface area contributed by atoms with Gasteiger partial charge in [0.2, 0.25) is 0 Å². The summed E-state index contributed by atoms with van der Waals surface area (Å²) >= 11 is 4.92. The number of para-hydroxylation sites is 1. The number of fused-ring (bicyclic) bond motifs is 1. The van der Waals surface area contributed by atoms with Crippen LogP contribution < -0.4 is 10.3 Å². The molecule has 0 amide bonds. The highest BCUT2D eigenvalue weighted by molar-refractivity contribution is 9.10. The summed E-state index contributed by atoms with van der Waals surface area (Å²) in [7, 11) is 0. The molecule has 0 radical (unpaired) electrons. The number of thioether (sulfide) groups is 1. The van der Waals surface area contributed by atoms with Gasteiger partial charge in [0.15, 0.2) is 11.9 Å². The Kier molecular flexibility index (Phi) is 3.36. The zero-order valence-corrected chi connectivity index (χ0v) is 12.5. The van der Waals surface area contributed by atoms with E-state index in [0.29, 0.717) is 16.0 Å². The molecule has 1 aliphatic heterocycles. The predicted molar refractivity (Wildman–Crippen MR) is 77.8 cm³/mol. The second-order valence-corrected chi connectivity index (χ2v) is 6.07. The lowest BCUT2D eigenvalue weighted by atomic mass is 10.3. The average Bonchev–Trinajstić information content (AvgIpc) is 2.43. The molecule has 2 heterocycles. The van der Waals surface area contributed by atoms with Gasteiger partial charge in [-0.3, -0.25) is 4.79 Å². The monoisotopic (exact) mass is 338 g/mol. The summed E-state index contributed by atoms with van der Waals surface area (Å²) in [6.45, 7) is 1.80. The Morgan fingerprint density at radius 1 is 1.47 bits per heavy atom. The van der Waals surface area contributed by atoms with Crippen molar-refractivity contribution in [3.05, 3.63) is 50.6 Å². The molecule has 2 aromatic rings. The molecule has 1 aromatic carbocycles. The molecule has 0 bridgehead atoms. The molecule has 1 N–H and O–H groups in total. The molecule has 0 aliphatic carbocycles. The Hall–Kier alpha value is -1.27. The Labute approximate surface area is 122 Å². The molecule has 6 heteroatoms. The van der Waals surface area contributed by atoms with E-state index in [-0.39, 0.29) is 11.7 Å². The maximum Gasteiger partial charge on any atom is 0.265 e. The first-order valence-corrected chi connectivity index (χ1v) is 7.58. The van der Waals surface area contributed by atoms with Gasteiger partial charge in [-0.05, 0) is 35.0 Å². The summed E-state index contributed by atoms with van der Waals surface area (Å²) in [6.07, 6.45) is -0.223. The van der Waals surface area contributed by atoms with Crippen LogP contribution in [0.3, 0.4) is 0 Å². The standard InChI is InChI=1S/C13H11BrN2O2S/c1-7-11(14)13(17)16-12(15-7)9-6-19-10-5-3-2-4-8(10)18-9/h2-5,9H,6H2,1H3,(H,15,16,17). The number of H-pyrrole nitrogens is 1. The number of aryl methyl sites for hydroxylation is 1. The van der Waals surface area contributed by atoms with E-state index < -0.39 is 0 Å². The Bertz CT molecular complexity index is 687. The van der Waals surface area contributed by atoms with Crippen LogP contribution in [0.15, 0.2) is 38.4 Å². The van der Waals surface area contributed by atoms with Crippen LogP contribution in [-0.4, -0.2) is 15.7 Å². The second kappa shape index (κ2) is 5.02. The zero-order valence-electron chi connectivity index (χ0n) is 10.1. The number of hydrogen-bond acceptors (Lipinski definition) is 4. The van der Waals surface area contributed by atoms with Crippen molar-refractivity contribution in [2.45, 2.75) is 17.9 Å². The molecule has 0 fully saturated rings. The fourth-order valence-electron chi connectivity index (χ4n) is 1.90. The van der Waals surface area contributed by atoms with E-state index in [1.54, 1.807) is 18.7 Å². The SMILES string of the molecule is Cc1nc(C2CSc3ccccc3O2)[nH]c(=O)c1Br. The summed E-state index contributed by atoms with van der Waals surface area (Å²) in [5, 5.41) is 0. The van der Waals surface area contributed by atoms with Gasteiger partial charge in [-0.1, -0.05) is 12.1 Å². The number of benzene rings is 1. The van der Waals surface area contributed by atoms with E-state index >= 15 is 0 Å². The number of halogens is 1. The van der Waals surface area contributed by atoms with E-state index in [2.05, 4.69) is 25.9 Å². The van der Waals surface area contributed by atoms with E-state index in [1.807, 2.05) is 24.3 Å². The molecule has 3 rings (SSSR count). The van der Waals surface area contributed by atoms with Crippen molar-refractivity contribution in [3.8, 4) is 5.75 Å². The second-order valence-electron chi connectivity index (χ2n) is 4.21. The van der Waals surface area contributed by atoms with Crippen LogP contribution in [0.25, 0.3) is 0 Å². The third kappa shape index (κ3) is 2.42. The molecular formula is C13H11BrN2O2S. The highest BCUT2D eigenvalue weighted by atomic mass is 79.9. The van der Waals surface area contributed by atoms with Crippen molar-refractivity contribution in [1.82, 2.24) is 9.97 Å². The van der Waals surface area contributed by atoms with Crippen molar-refractivity contribution in [3.63, 3.8) is 0 Å². The number of ether oxygens (including phenoxy) is 1. The third-order valence-electron chi connectivity index (χ3n) is 2.86. The number of rotatable bonds is 1. The van der Waals surface area contributed by atoms with E-state index in [4.69, 9.17) is 4.74 Å². The van der Waals surface area contributed by atoms with Crippen LogP contribution in [0.1, 0.15) is 17.6 Å². The fourth-order valence-corrected chi connectivity index (χ4v) is 3.08. The predicted octanol–water partition coefficient (Wildman–Crippen LogP) is 3.07. The number of aromatic amines is 1. The maximum absolute atomic E-state index is 11.7. The molecular weight excluding hydrogens is 328 g/mol. The third-order valence-corrected chi connectivity index (χ3v) is 4.91. The normalized spacial score (nSPS) is 17.7. The molecule has 19 heavy (non-hydrogen) atoms. The molecule has 1 unspecified atom stereocenters. The lowest BCUT2D eigenvalue weighted by molar-refractivity contribution is 0.209. The topological polar surface area (TPSA) is 55.0 Å². The maximum atomic E-state index is 11.7. The van der Waals surface area contributed by atoms with Gasteiger partial charge in [0.1, 0.15) is 10.2 Å². The van der Waals surface area contributed by atoms with Crippen LogP contribution in [-0.2, 0) is 0 Å². The molecule has 98 valence electrons. The van der Waals surface area contributed by atoms with Gasteiger partial charge in [-0.2, -0.15) is 0 Å².